The zero-order valence-corrected chi connectivity index (χ0v) is 17.0. The number of fused-ring (bicyclic) bond motifs is 1. The highest BCUT2D eigenvalue weighted by atomic mass is 32.2. The van der Waals surface area contributed by atoms with Gasteiger partial charge in [-0.1, -0.05) is 47.7 Å². The summed E-state index contributed by atoms with van der Waals surface area (Å²) in [6, 6.07) is 15.1. The highest BCUT2D eigenvalue weighted by molar-refractivity contribution is 8.15. The molecule has 0 bridgehead atoms. The lowest BCUT2D eigenvalue weighted by Gasteiger charge is -2.09. The molecule has 0 saturated carbocycles. The summed E-state index contributed by atoms with van der Waals surface area (Å²) in [5.74, 6) is 0.156. The summed E-state index contributed by atoms with van der Waals surface area (Å²) in [4.78, 5) is 17.0. The molecule has 0 aliphatic carbocycles. The van der Waals surface area contributed by atoms with Crippen LogP contribution in [0.4, 0.5) is 5.69 Å². The van der Waals surface area contributed by atoms with E-state index in [0.29, 0.717) is 17.3 Å². The molecule has 1 fully saturated rings. The lowest BCUT2D eigenvalue weighted by atomic mass is 10.1. The number of amidine groups is 1. The van der Waals surface area contributed by atoms with E-state index in [1.54, 1.807) is 12.1 Å². The molecule has 2 heterocycles. The highest BCUT2D eigenvalue weighted by Crippen LogP contribution is 2.34. The second kappa shape index (κ2) is 7.60. The number of amides is 1. The average molecular weight is 416 g/mol. The minimum atomic E-state index is -2.96. The number of nitrogens with zero attached hydrogens (tertiary/aromatic N) is 1. The molecule has 1 amide bonds. The van der Waals surface area contributed by atoms with Gasteiger partial charge in [0.15, 0.2) is 15.0 Å². The van der Waals surface area contributed by atoms with E-state index >= 15 is 0 Å². The van der Waals surface area contributed by atoms with E-state index in [1.807, 2.05) is 43.3 Å². The number of hydrogen-bond donors (Lipinski definition) is 2. The van der Waals surface area contributed by atoms with Crippen molar-refractivity contribution in [2.24, 2.45) is 4.99 Å². The number of carbonyl (C=O) groups excluding carboxylic acids is 1. The van der Waals surface area contributed by atoms with Crippen molar-refractivity contribution in [1.29, 1.82) is 0 Å². The van der Waals surface area contributed by atoms with Gasteiger partial charge in [0.05, 0.1) is 17.5 Å². The van der Waals surface area contributed by atoms with Gasteiger partial charge in [-0.15, -0.1) is 0 Å². The summed E-state index contributed by atoms with van der Waals surface area (Å²) < 4.78 is 23.3. The summed E-state index contributed by atoms with van der Waals surface area (Å²) in [6.07, 6.45) is 0. The standard InChI is InChI=1S/C20H21N3O3S2/c1-13-5-7-14(8-6-13)10-21-19(24)15-3-2-4-16(9-15)22-20-23-17-11-28(25,26)12-18(17)27-20/h2-9,17-18H,10-12H2,1H3,(H,21,24)(H,22,23). The first-order valence-corrected chi connectivity index (χ1v) is 11.7. The molecule has 0 spiro atoms. The van der Waals surface area contributed by atoms with Crippen molar-refractivity contribution < 1.29 is 13.2 Å². The van der Waals surface area contributed by atoms with E-state index in [-0.39, 0.29) is 28.7 Å². The maximum absolute atomic E-state index is 12.5. The Bertz CT molecular complexity index is 1030. The Labute approximate surface area is 168 Å². The topological polar surface area (TPSA) is 87.6 Å². The van der Waals surface area contributed by atoms with E-state index in [0.717, 1.165) is 11.3 Å². The van der Waals surface area contributed by atoms with Gasteiger partial charge in [-0.3, -0.25) is 9.79 Å². The first-order chi connectivity index (χ1) is 13.4. The Morgan fingerprint density at radius 3 is 2.71 bits per heavy atom. The molecular weight excluding hydrogens is 394 g/mol. The van der Waals surface area contributed by atoms with Crippen molar-refractivity contribution in [2.45, 2.75) is 24.8 Å². The molecular formula is C20H21N3O3S2. The third-order valence-electron chi connectivity index (χ3n) is 4.77. The van der Waals surface area contributed by atoms with Gasteiger partial charge in [-0.2, -0.15) is 0 Å². The van der Waals surface area contributed by atoms with Crippen LogP contribution in [0.2, 0.25) is 0 Å². The Kier molecular flexibility index (Phi) is 5.16. The van der Waals surface area contributed by atoms with Crippen LogP contribution >= 0.6 is 11.8 Å². The van der Waals surface area contributed by atoms with Crippen molar-refractivity contribution in [2.75, 3.05) is 16.8 Å². The minimum Gasteiger partial charge on any atom is -0.348 e. The summed E-state index contributed by atoms with van der Waals surface area (Å²) in [5.41, 5.74) is 3.55. The van der Waals surface area contributed by atoms with Crippen molar-refractivity contribution in [1.82, 2.24) is 5.32 Å². The van der Waals surface area contributed by atoms with Crippen LogP contribution in [-0.2, 0) is 16.4 Å². The number of anilines is 1. The third-order valence-corrected chi connectivity index (χ3v) is 7.91. The van der Waals surface area contributed by atoms with E-state index < -0.39 is 9.84 Å². The molecule has 4 rings (SSSR count). The Morgan fingerprint density at radius 1 is 1.18 bits per heavy atom. The van der Waals surface area contributed by atoms with Crippen LogP contribution in [0.1, 0.15) is 21.5 Å². The van der Waals surface area contributed by atoms with Crippen LogP contribution in [0.3, 0.4) is 0 Å². The van der Waals surface area contributed by atoms with Gasteiger partial charge in [0.1, 0.15) is 0 Å². The molecule has 0 aromatic heterocycles. The molecule has 2 unspecified atom stereocenters. The summed E-state index contributed by atoms with van der Waals surface area (Å²) in [6.45, 7) is 2.50. The smallest absolute Gasteiger partial charge is 0.251 e. The maximum atomic E-state index is 12.5. The molecule has 2 atom stereocenters. The van der Waals surface area contributed by atoms with Crippen LogP contribution in [0.5, 0.6) is 0 Å². The Balaban J connectivity index is 1.38. The molecule has 2 aromatic rings. The molecule has 8 heteroatoms. The summed E-state index contributed by atoms with van der Waals surface area (Å²) in [5, 5.41) is 6.84. The molecule has 2 aromatic carbocycles. The van der Waals surface area contributed by atoms with Gasteiger partial charge in [0, 0.05) is 23.0 Å². The number of sulfone groups is 1. The Morgan fingerprint density at radius 2 is 1.96 bits per heavy atom. The largest absolute Gasteiger partial charge is 0.348 e. The van der Waals surface area contributed by atoms with Gasteiger partial charge in [-0.25, -0.2) is 8.42 Å². The molecule has 2 N–H and O–H groups in total. The zero-order valence-electron chi connectivity index (χ0n) is 15.4. The fourth-order valence-electron chi connectivity index (χ4n) is 3.27. The first kappa shape index (κ1) is 19.0. The van der Waals surface area contributed by atoms with Crippen LogP contribution < -0.4 is 10.6 Å². The van der Waals surface area contributed by atoms with Crippen LogP contribution in [0, 0.1) is 6.92 Å². The minimum absolute atomic E-state index is 0.00603. The normalized spacial score (nSPS) is 22.4. The van der Waals surface area contributed by atoms with Gasteiger partial charge in [-0.05, 0) is 30.7 Å². The predicted molar refractivity (Wildman–Crippen MR) is 114 cm³/mol. The SMILES string of the molecule is Cc1ccc(CNC(=O)c2cccc(NC3=NC4CS(=O)(=O)CC4S3)c2)cc1. The van der Waals surface area contributed by atoms with Crippen LogP contribution in [0.25, 0.3) is 0 Å². The monoisotopic (exact) mass is 415 g/mol. The number of carbonyl (C=O) groups is 1. The molecule has 28 heavy (non-hydrogen) atoms. The van der Waals surface area contributed by atoms with Crippen LogP contribution in [0.15, 0.2) is 53.5 Å². The van der Waals surface area contributed by atoms with E-state index in [1.165, 1.54) is 17.3 Å². The molecule has 1 saturated heterocycles. The molecule has 2 aliphatic rings. The van der Waals surface area contributed by atoms with Crippen molar-refractivity contribution >= 4 is 38.4 Å². The quantitative estimate of drug-likeness (QED) is 0.802. The lowest BCUT2D eigenvalue weighted by Crippen LogP contribution is -2.23. The number of thioether (sulfide) groups is 1. The van der Waals surface area contributed by atoms with Gasteiger partial charge < -0.3 is 10.6 Å². The van der Waals surface area contributed by atoms with E-state index in [9.17, 15) is 13.2 Å². The number of rotatable bonds is 4. The molecule has 146 valence electrons. The van der Waals surface area contributed by atoms with Gasteiger partial charge >= 0.3 is 0 Å². The van der Waals surface area contributed by atoms with E-state index in [4.69, 9.17) is 0 Å². The number of aryl methyl sites for hydroxylation is 1. The van der Waals surface area contributed by atoms with Gasteiger partial charge in [0.2, 0.25) is 0 Å². The number of hydrogen-bond acceptors (Lipinski definition) is 6. The third kappa shape index (κ3) is 4.39. The van der Waals surface area contributed by atoms with Gasteiger partial charge in [0.25, 0.3) is 5.91 Å². The predicted octanol–water partition coefficient (Wildman–Crippen LogP) is 2.61. The van der Waals surface area contributed by atoms with Crippen molar-refractivity contribution in [3.8, 4) is 0 Å². The van der Waals surface area contributed by atoms with E-state index in [2.05, 4.69) is 15.6 Å². The fraction of sp³-hybridized carbons (Fsp3) is 0.300. The number of benzene rings is 2. The van der Waals surface area contributed by atoms with Crippen LogP contribution in [-0.4, -0.2) is 42.3 Å². The lowest BCUT2D eigenvalue weighted by molar-refractivity contribution is 0.0951. The molecule has 0 radical (unpaired) electrons. The van der Waals surface area contributed by atoms with Crippen molar-refractivity contribution in [3.63, 3.8) is 0 Å². The second-order valence-corrected chi connectivity index (χ2v) is 10.5. The fourth-order valence-corrected chi connectivity index (χ4v) is 6.94. The summed E-state index contributed by atoms with van der Waals surface area (Å²) in [7, 11) is -2.96. The summed E-state index contributed by atoms with van der Waals surface area (Å²) >= 11 is 1.46. The molecule has 6 nitrogen and oxygen atoms in total. The zero-order chi connectivity index (χ0) is 19.7. The average Bonchev–Trinajstić information content (AvgIpc) is 3.13. The highest BCUT2D eigenvalue weighted by Gasteiger charge is 2.42. The number of aliphatic imine (C=N–C) groups is 1. The Hall–Kier alpha value is -2.32. The molecule has 2 aliphatic heterocycles. The maximum Gasteiger partial charge on any atom is 0.251 e. The van der Waals surface area contributed by atoms with Crippen molar-refractivity contribution in [3.05, 3.63) is 65.2 Å². The first-order valence-electron chi connectivity index (χ1n) is 9.04. The second-order valence-electron chi connectivity index (χ2n) is 7.11. The number of nitrogens with one attached hydrogen (secondary N) is 2.